The van der Waals surface area contributed by atoms with Gasteiger partial charge < -0.3 is 14.8 Å². The van der Waals surface area contributed by atoms with Gasteiger partial charge >= 0.3 is 0 Å². The predicted octanol–water partition coefficient (Wildman–Crippen LogP) is 5.65. The first-order valence-corrected chi connectivity index (χ1v) is 8.95. The predicted molar refractivity (Wildman–Crippen MR) is 106 cm³/mol. The Bertz CT molecular complexity index is 849. The molecule has 26 heavy (non-hydrogen) atoms. The zero-order valence-electron chi connectivity index (χ0n) is 14.2. The lowest BCUT2D eigenvalue weighted by molar-refractivity contribution is -0.122. The van der Waals surface area contributed by atoms with Crippen molar-refractivity contribution in [1.29, 1.82) is 0 Å². The van der Waals surface area contributed by atoms with Gasteiger partial charge in [0.1, 0.15) is 17.2 Å². The second kappa shape index (κ2) is 8.54. The fourth-order valence-electron chi connectivity index (χ4n) is 2.25. The van der Waals surface area contributed by atoms with E-state index in [1.54, 1.807) is 19.1 Å². The normalized spacial score (nSPS) is 11.5. The van der Waals surface area contributed by atoms with Crippen molar-refractivity contribution in [2.24, 2.45) is 0 Å². The Balaban J connectivity index is 1.56. The number of carbonyl (C=O) groups is 1. The zero-order valence-corrected chi connectivity index (χ0v) is 15.8. The molecule has 0 saturated carbocycles. The molecule has 0 aromatic heterocycles. The number of halogens is 1. The van der Waals surface area contributed by atoms with Crippen LogP contribution >= 0.6 is 15.9 Å². The summed E-state index contributed by atoms with van der Waals surface area (Å²) in [5.74, 6) is 1.86. The highest BCUT2D eigenvalue weighted by Crippen LogP contribution is 2.24. The maximum atomic E-state index is 12.2. The number of hydrogen-bond donors (Lipinski definition) is 1. The highest BCUT2D eigenvalue weighted by molar-refractivity contribution is 9.10. The average Bonchev–Trinajstić information content (AvgIpc) is 2.66. The number of benzene rings is 3. The van der Waals surface area contributed by atoms with Crippen molar-refractivity contribution >= 4 is 27.5 Å². The summed E-state index contributed by atoms with van der Waals surface area (Å²) in [6.45, 7) is 1.71. The van der Waals surface area contributed by atoms with E-state index in [9.17, 15) is 4.79 Å². The van der Waals surface area contributed by atoms with Gasteiger partial charge in [0.05, 0.1) is 0 Å². The summed E-state index contributed by atoms with van der Waals surface area (Å²) in [5.41, 5.74) is 0.722. The largest absolute Gasteiger partial charge is 0.481 e. The average molecular weight is 412 g/mol. The van der Waals surface area contributed by atoms with Crippen molar-refractivity contribution in [3.8, 4) is 17.2 Å². The molecular formula is C21H18BrNO3. The summed E-state index contributed by atoms with van der Waals surface area (Å²) in [4.78, 5) is 12.2. The van der Waals surface area contributed by atoms with Gasteiger partial charge in [-0.15, -0.1) is 0 Å². The number of nitrogens with one attached hydrogen (secondary N) is 1. The van der Waals surface area contributed by atoms with Crippen molar-refractivity contribution in [2.45, 2.75) is 13.0 Å². The molecule has 5 heteroatoms. The molecule has 0 aliphatic carbocycles. The number of rotatable bonds is 6. The second-order valence-electron chi connectivity index (χ2n) is 5.64. The first-order valence-electron chi connectivity index (χ1n) is 8.16. The smallest absolute Gasteiger partial charge is 0.265 e. The lowest BCUT2D eigenvalue weighted by Crippen LogP contribution is -2.30. The molecule has 0 aliphatic rings. The monoisotopic (exact) mass is 411 g/mol. The third kappa shape index (κ3) is 5.10. The first-order chi connectivity index (χ1) is 12.6. The molecule has 1 N–H and O–H groups in total. The minimum absolute atomic E-state index is 0.211. The van der Waals surface area contributed by atoms with Crippen LogP contribution in [-0.4, -0.2) is 12.0 Å². The van der Waals surface area contributed by atoms with Gasteiger partial charge in [0, 0.05) is 10.2 Å². The van der Waals surface area contributed by atoms with E-state index in [1.807, 2.05) is 66.7 Å². The molecule has 0 bridgehead atoms. The SMILES string of the molecule is CC(Oc1ccc(Oc2ccccc2)cc1)C(=O)Nc1ccc(Br)cc1. The molecule has 132 valence electrons. The van der Waals surface area contributed by atoms with E-state index in [0.717, 1.165) is 15.9 Å². The quantitative estimate of drug-likeness (QED) is 0.570. The Hall–Kier alpha value is -2.79. The van der Waals surface area contributed by atoms with Crippen LogP contribution in [0.3, 0.4) is 0 Å². The van der Waals surface area contributed by atoms with Crippen molar-refractivity contribution in [3.63, 3.8) is 0 Å². The molecule has 3 aromatic rings. The summed E-state index contributed by atoms with van der Waals surface area (Å²) in [6.07, 6.45) is -0.625. The number of hydrogen-bond acceptors (Lipinski definition) is 3. The van der Waals surface area contributed by atoms with Crippen molar-refractivity contribution < 1.29 is 14.3 Å². The topological polar surface area (TPSA) is 47.6 Å². The molecule has 0 fully saturated rings. The van der Waals surface area contributed by atoms with Crippen LogP contribution in [0.4, 0.5) is 5.69 Å². The lowest BCUT2D eigenvalue weighted by Gasteiger charge is -2.15. The summed E-state index contributed by atoms with van der Waals surface area (Å²) in [5, 5.41) is 2.82. The van der Waals surface area contributed by atoms with E-state index >= 15 is 0 Å². The number of para-hydroxylation sites is 1. The summed E-state index contributed by atoms with van der Waals surface area (Å²) < 4.78 is 12.4. The van der Waals surface area contributed by atoms with Crippen molar-refractivity contribution in [3.05, 3.63) is 83.3 Å². The Morgan fingerprint density at radius 2 is 1.42 bits per heavy atom. The Morgan fingerprint density at radius 3 is 2.08 bits per heavy atom. The van der Waals surface area contributed by atoms with E-state index in [1.165, 1.54) is 0 Å². The standard InChI is InChI=1S/C21H18BrNO3/c1-15(21(24)23-17-9-7-16(22)8-10-17)25-19-11-13-20(14-12-19)26-18-5-3-2-4-6-18/h2-15H,1H3,(H,23,24). The summed E-state index contributed by atoms with van der Waals surface area (Å²) in [7, 11) is 0. The molecule has 1 unspecified atom stereocenters. The Kier molecular flexibility index (Phi) is 5.92. The minimum Gasteiger partial charge on any atom is -0.481 e. The molecule has 3 aromatic carbocycles. The van der Waals surface area contributed by atoms with Gasteiger partial charge in [-0.25, -0.2) is 0 Å². The van der Waals surface area contributed by atoms with Crippen LogP contribution in [0, 0.1) is 0 Å². The number of ether oxygens (including phenoxy) is 2. The van der Waals surface area contributed by atoms with Crippen LogP contribution in [0.15, 0.2) is 83.3 Å². The summed E-state index contributed by atoms with van der Waals surface area (Å²) in [6, 6.07) is 24.1. The van der Waals surface area contributed by atoms with E-state index in [2.05, 4.69) is 21.2 Å². The van der Waals surface area contributed by atoms with Crippen molar-refractivity contribution in [2.75, 3.05) is 5.32 Å². The number of carbonyl (C=O) groups excluding carboxylic acids is 1. The fourth-order valence-corrected chi connectivity index (χ4v) is 2.51. The molecule has 4 nitrogen and oxygen atoms in total. The highest BCUT2D eigenvalue weighted by atomic mass is 79.9. The Morgan fingerprint density at radius 1 is 0.846 bits per heavy atom. The molecule has 3 rings (SSSR count). The molecule has 1 amide bonds. The van der Waals surface area contributed by atoms with Crippen LogP contribution in [0.1, 0.15) is 6.92 Å². The fraction of sp³-hybridized carbons (Fsp3) is 0.0952. The highest BCUT2D eigenvalue weighted by Gasteiger charge is 2.15. The minimum atomic E-state index is -0.625. The van der Waals surface area contributed by atoms with E-state index in [4.69, 9.17) is 9.47 Å². The molecule has 0 spiro atoms. The van der Waals surface area contributed by atoms with Gasteiger partial charge in [0.15, 0.2) is 6.10 Å². The third-order valence-electron chi connectivity index (χ3n) is 3.60. The zero-order chi connectivity index (χ0) is 18.4. The van der Waals surface area contributed by atoms with Gasteiger partial charge in [-0.3, -0.25) is 4.79 Å². The van der Waals surface area contributed by atoms with Gasteiger partial charge in [-0.1, -0.05) is 34.1 Å². The molecular weight excluding hydrogens is 394 g/mol. The van der Waals surface area contributed by atoms with Crippen LogP contribution in [0.25, 0.3) is 0 Å². The van der Waals surface area contributed by atoms with E-state index < -0.39 is 6.10 Å². The molecule has 1 atom stereocenters. The third-order valence-corrected chi connectivity index (χ3v) is 4.13. The first kappa shape index (κ1) is 18.0. The summed E-state index contributed by atoms with van der Waals surface area (Å²) >= 11 is 3.36. The number of amides is 1. The maximum Gasteiger partial charge on any atom is 0.265 e. The second-order valence-corrected chi connectivity index (χ2v) is 6.56. The van der Waals surface area contributed by atoms with Gasteiger partial charge in [0.2, 0.25) is 0 Å². The van der Waals surface area contributed by atoms with Crippen LogP contribution in [0.2, 0.25) is 0 Å². The van der Waals surface area contributed by atoms with Crippen LogP contribution in [-0.2, 0) is 4.79 Å². The lowest BCUT2D eigenvalue weighted by atomic mass is 10.3. The van der Waals surface area contributed by atoms with Gasteiger partial charge in [-0.05, 0) is 67.6 Å². The molecule has 0 heterocycles. The van der Waals surface area contributed by atoms with E-state index in [-0.39, 0.29) is 5.91 Å². The molecule has 0 saturated heterocycles. The number of anilines is 1. The Labute approximate surface area is 160 Å². The van der Waals surface area contributed by atoms with Crippen molar-refractivity contribution in [1.82, 2.24) is 0 Å². The van der Waals surface area contributed by atoms with Gasteiger partial charge in [0.25, 0.3) is 5.91 Å². The van der Waals surface area contributed by atoms with Crippen LogP contribution < -0.4 is 14.8 Å². The van der Waals surface area contributed by atoms with Gasteiger partial charge in [-0.2, -0.15) is 0 Å². The molecule has 0 radical (unpaired) electrons. The maximum absolute atomic E-state index is 12.2. The molecule has 0 aliphatic heterocycles. The van der Waals surface area contributed by atoms with E-state index in [0.29, 0.717) is 11.5 Å². The van der Waals surface area contributed by atoms with Crippen LogP contribution in [0.5, 0.6) is 17.2 Å².